The lowest BCUT2D eigenvalue weighted by Gasteiger charge is -2.13. The molecule has 0 aliphatic heterocycles. The molecule has 1 aromatic heterocycles. The summed E-state index contributed by atoms with van der Waals surface area (Å²) >= 11 is 7.64. The van der Waals surface area contributed by atoms with E-state index in [2.05, 4.69) is 30.8 Å². The molecule has 5 nitrogen and oxygen atoms in total. The highest BCUT2D eigenvalue weighted by Crippen LogP contribution is 2.34. The highest BCUT2D eigenvalue weighted by atomic mass is 35.5. The second-order valence-corrected chi connectivity index (χ2v) is 8.28. The van der Waals surface area contributed by atoms with Crippen LogP contribution in [0.25, 0.3) is 10.1 Å². The maximum Gasteiger partial charge on any atom is 0.263 e. The van der Waals surface area contributed by atoms with Crippen molar-refractivity contribution in [3.8, 4) is 0 Å². The van der Waals surface area contributed by atoms with E-state index in [4.69, 9.17) is 11.6 Å². The van der Waals surface area contributed by atoms with Gasteiger partial charge in [-0.15, -0.1) is 11.3 Å². The Morgan fingerprint density at radius 1 is 1.00 bits per heavy atom. The predicted molar refractivity (Wildman–Crippen MR) is 114 cm³/mol. The summed E-state index contributed by atoms with van der Waals surface area (Å²) in [5, 5.41) is 6.80. The molecular weight excluding hydrogens is 394 g/mol. The lowest BCUT2D eigenvalue weighted by atomic mass is 10.1. The van der Waals surface area contributed by atoms with Gasteiger partial charge in [-0.3, -0.25) is 9.59 Å². The molecule has 0 spiro atoms. The number of rotatable bonds is 7. The topological polar surface area (TPSA) is 62.6 Å². The molecule has 2 amide bonds. The molecule has 0 saturated carbocycles. The summed E-state index contributed by atoms with van der Waals surface area (Å²) in [6.07, 6.45) is 0. The molecule has 0 aliphatic carbocycles. The fraction of sp³-hybridized carbons (Fsp3) is 0.238. The average molecular weight is 417 g/mol. The summed E-state index contributed by atoms with van der Waals surface area (Å²) in [6, 6.07) is 15.6. The third-order valence-corrected chi connectivity index (χ3v) is 5.96. The molecule has 0 bridgehead atoms. The first-order chi connectivity index (χ1) is 13.5. The molecule has 0 saturated heterocycles. The molecule has 0 unspecified atom stereocenters. The van der Waals surface area contributed by atoms with Gasteiger partial charge in [0, 0.05) is 22.2 Å². The van der Waals surface area contributed by atoms with Gasteiger partial charge in [0.2, 0.25) is 5.91 Å². The van der Waals surface area contributed by atoms with Crippen LogP contribution in [0, 0.1) is 0 Å². The third kappa shape index (κ3) is 4.90. The number of hydrogen-bond acceptors (Lipinski definition) is 3. The van der Waals surface area contributed by atoms with Crippen LogP contribution in [0.3, 0.4) is 0 Å². The Hall–Kier alpha value is -2.41. The molecule has 0 atom stereocenters. The van der Waals surface area contributed by atoms with Crippen LogP contribution < -0.4 is 15.5 Å². The largest absolute Gasteiger partial charge is 0.350 e. The average Bonchev–Trinajstić information content (AvgIpc) is 3.02. The van der Waals surface area contributed by atoms with E-state index in [1.807, 2.05) is 42.5 Å². The molecule has 2 aromatic carbocycles. The van der Waals surface area contributed by atoms with Crippen molar-refractivity contribution in [2.24, 2.45) is 0 Å². The van der Waals surface area contributed by atoms with E-state index in [0.717, 1.165) is 22.2 Å². The van der Waals surface area contributed by atoms with E-state index in [0.29, 0.717) is 16.4 Å². The quantitative estimate of drug-likeness (QED) is 0.553. The van der Waals surface area contributed by atoms with Crippen LogP contribution in [-0.4, -0.2) is 32.5 Å². The van der Waals surface area contributed by atoms with E-state index in [9.17, 15) is 9.59 Å². The third-order valence-electron chi connectivity index (χ3n) is 4.29. The molecule has 0 fully saturated rings. The highest BCUT2D eigenvalue weighted by Gasteiger charge is 2.17. The first-order valence-corrected chi connectivity index (χ1v) is 10.2. The van der Waals surface area contributed by atoms with Crippen LogP contribution in [0.15, 0.2) is 48.5 Å². The fourth-order valence-electron chi connectivity index (χ4n) is 2.94. The highest BCUT2D eigenvalue weighted by molar-refractivity contribution is 7.21. The Morgan fingerprint density at radius 3 is 2.39 bits per heavy atom. The van der Waals surface area contributed by atoms with Crippen molar-refractivity contribution in [2.45, 2.75) is 13.1 Å². The van der Waals surface area contributed by atoms with Crippen molar-refractivity contribution >= 4 is 44.8 Å². The summed E-state index contributed by atoms with van der Waals surface area (Å²) in [5.41, 5.74) is 2.28. The monoisotopic (exact) mass is 416 g/mol. The zero-order chi connectivity index (χ0) is 20.1. The van der Waals surface area contributed by atoms with Crippen LogP contribution in [0.1, 0.15) is 20.8 Å². The van der Waals surface area contributed by atoms with Gasteiger partial charge in [0.1, 0.15) is 11.4 Å². The normalized spacial score (nSPS) is 11.0. The molecule has 28 heavy (non-hydrogen) atoms. The van der Waals surface area contributed by atoms with Crippen molar-refractivity contribution in [3.63, 3.8) is 0 Å². The van der Waals surface area contributed by atoms with E-state index in [1.165, 1.54) is 21.8 Å². The van der Waals surface area contributed by atoms with Gasteiger partial charge < -0.3 is 15.5 Å². The van der Waals surface area contributed by atoms with Crippen molar-refractivity contribution in [1.29, 1.82) is 0 Å². The van der Waals surface area contributed by atoms with E-state index < -0.39 is 0 Å². The smallest absolute Gasteiger partial charge is 0.263 e. The van der Waals surface area contributed by atoms with Gasteiger partial charge in [-0.2, -0.15) is 0 Å². The summed E-state index contributed by atoms with van der Waals surface area (Å²) < 4.78 is 0.946. The Kier molecular flexibility index (Phi) is 6.67. The first-order valence-electron chi connectivity index (χ1n) is 9.03. The number of carbonyl (C=O) groups excluding carboxylic acids is 2. The van der Waals surface area contributed by atoms with Crippen LogP contribution >= 0.6 is 22.9 Å². The molecule has 0 aliphatic rings. The molecule has 146 valence electrons. The van der Waals surface area contributed by atoms with Crippen molar-refractivity contribution in [1.82, 2.24) is 10.6 Å². The maximum absolute atomic E-state index is 12.4. The summed E-state index contributed by atoms with van der Waals surface area (Å²) in [5.74, 6) is -0.574. The second-order valence-electron chi connectivity index (χ2n) is 6.85. The summed E-state index contributed by atoms with van der Waals surface area (Å²) in [6.45, 7) is 1.22. The van der Waals surface area contributed by atoms with Crippen molar-refractivity contribution in [3.05, 3.63) is 69.6 Å². The number of halogens is 1. The number of thiophene rings is 1. The zero-order valence-electron chi connectivity index (χ0n) is 15.8. The van der Waals surface area contributed by atoms with Crippen molar-refractivity contribution < 1.29 is 14.5 Å². The maximum atomic E-state index is 12.4. The minimum absolute atomic E-state index is 0.0928. The molecular formula is C21H23ClN3O2S+. The SMILES string of the molecule is C[NH+](C)Cc1ccccc1CNC(=O)CNC(=O)c1sc2ccccc2c1Cl. The number of amides is 2. The van der Waals surface area contributed by atoms with Crippen molar-refractivity contribution in [2.75, 3.05) is 20.6 Å². The fourth-order valence-corrected chi connectivity index (χ4v) is 4.37. The molecule has 0 radical (unpaired) electrons. The van der Waals surface area contributed by atoms with Gasteiger partial charge in [0.25, 0.3) is 5.91 Å². The number of benzene rings is 2. The van der Waals surface area contributed by atoms with E-state index in [-0.39, 0.29) is 18.4 Å². The minimum atomic E-state index is -0.335. The van der Waals surface area contributed by atoms with Gasteiger partial charge in [0.15, 0.2) is 0 Å². The number of nitrogens with one attached hydrogen (secondary N) is 3. The van der Waals surface area contributed by atoms with Crippen LogP contribution in [0.2, 0.25) is 5.02 Å². The lowest BCUT2D eigenvalue weighted by Crippen LogP contribution is -3.04. The zero-order valence-corrected chi connectivity index (χ0v) is 17.4. The molecule has 3 N–H and O–H groups in total. The predicted octanol–water partition coefficient (Wildman–Crippen LogP) is 2.25. The molecule has 1 heterocycles. The Labute approximate surface area is 173 Å². The summed E-state index contributed by atoms with van der Waals surface area (Å²) in [7, 11) is 4.17. The van der Waals surface area contributed by atoms with Gasteiger partial charge in [-0.05, 0) is 11.6 Å². The molecule has 3 rings (SSSR count). The minimum Gasteiger partial charge on any atom is -0.350 e. The van der Waals surface area contributed by atoms with Crippen LogP contribution in [0.4, 0.5) is 0 Å². The lowest BCUT2D eigenvalue weighted by molar-refractivity contribution is -0.872. The van der Waals surface area contributed by atoms with E-state index in [1.54, 1.807) is 0 Å². The Balaban J connectivity index is 1.56. The second kappa shape index (κ2) is 9.19. The molecule has 3 aromatic rings. The molecule has 7 heteroatoms. The van der Waals surface area contributed by atoms with Gasteiger partial charge in [-0.25, -0.2) is 0 Å². The van der Waals surface area contributed by atoms with Gasteiger partial charge >= 0.3 is 0 Å². The number of carbonyl (C=O) groups is 2. The first kappa shape index (κ1) is 20.3. The van der Waals surface area contributed by atoms with Crippen LogP contribution in [-0.2, 0) is 17.9 Å². The summed E-state index contributed by atoms with van der Waals surface area (Å²) in [4.78, 5) is 26.3. The standard InChI is InChI=1S/C21H22ClN3O2S/c1-25(2)13-15-8-4-3-7-14(15)11-23-18(26)12-24-21(27)20-19(22)16-9-5-6-10-17(16)28-20/h3-10H,11-13H2,1-2H3,(H,23,26)(H,24,27)/p+1. The van der Waals surface area contributed by atoms with Gasteiger partial charge in [-0.1, -0.05) is 54.1 Å². The number of fused-ring (bicyclic) bond motifs is 1. The van der Waals surface area contributed by atoms with Gasteiger partial charge in [0.05, 0.1) is 25.7 Å². The number of hydrogen-bond donors (Lipinski definition) is 3. The van der Waals surface area contributed by atoms with Crippen LogP contribution in [0.5, 0.6) is 0 Å². The Bertz CT molecular complexity index is 1000. The number of quaternary nitrogens is 1. The van der Waals surface area contributed by atoms with E-state index >= 15 is 0 Å². The Morgan fingerprint density at radius 2 is 1.68 bits per heavy atom.